The van der Waals surface area contributed by atoms with E-state index < -0.39 is 0 Å². The summed E-state index contributed by atoms with van der Waals surface area (Å²) in [6, 6.07) is 7.59. The van der Waals surface area contributed by atoms with Gasteiger partial charge in [-0.2, -0.15) is 0 Å². The molecule has 1 amide bonds. The lowest BCUT2D eigenvalue weighted by molar-refractivity contribution is -0.116. The van der Waals surface area contributed by atoms with E-state index in [2.05, 4.69) is 32.3 Å². The van der Waals surface area contributed by atoms with E-state index in [-0.39, 0.29) is 24.4 Å². The number of aromatic nitrogens is 4. The summed E-state index contributed by atoms with van der Waals surface area (Å²) in [4.78, 5) is 32.4. The number of aryl methyl sites for hydroxylation is 2. The van der Waals surface area contributed by atoms with Crippen LogP contribution in [-0.2, 0) is 17.8 Å². The molecule has 8 nitrogen and oxygen atoms in total. The van der Waals surface area contributed by atoms with Gasteiger partial charge in [-0.1, -0.05) is 30.4 Å². The van der Waals surface area contributed by atoms with Crippen molar-refractivity contribution in [3.8, 4) is 0 Å². The first kappa shape index (κ1) is 20.5. The molecule has 3 aromatic rings. The van der Waals surface area contributed by atoms with E-state index in [9.17, 15) is 9.59 Å². The molecule has 4 rings (SSSR count). The average Bonchev–Trinajstić information content (AvgIpc) is 3.20. The van der Waals surface area contributed by atoms with Gasteiger partial charge in [-0.05, 0) is 37.8 Å². The second kappa shape index (κ2) is 9.34. The molecule has 9 heteroatoms. The largest absolute Gasteiger partial charge is 0.352 e. The molecule has 1 aliphatic rings. The molecule has 1 aliphatic heterocycles. The van der Waals surface area contributed by atoms with Gasteiger partial charge in [0, 0.05) is 32.5 Å². The summed E-state index contributed by atoms with van der Waals surface area (Å²) in [6.45, 7) is 4.06. The van der Waals surface area contributed by atoms with Crippen molar-refractivity contribution in [2.75, 3.05) is 23.3 Å². The molecule has 0 radical (unpaired) electrons. The number of fused-ring (bicyclic) bond motifs is 1. The molecule has 1 fully saturated rings. The minimum Gasteiger partial charge on any atom is -0.352 e. The zero-order chi connectivity index (χ0) is 20.9. The van der Waals surface area contributed by atoms with Gasteiger partial charge >= 0.3 is 0 Å². The van der Waals surface area contributed by atoms with Crippen molar-refractivity contribution in [2.45, 2.75) is 52.0 Å². The SMILES string of the molecule is CCCc1nnc(NC(=O)CCn2c(=O)c(N3CCCCC3)nc3ccccc32)s1. The Labute approximate surface area is 179 Å². The van der Waals surface area contributed by atoms with Crippen LogP contribution in [0.2, 0.25) is 0 Å². The zero-order valence-electron chi connectivity index (χ0n) is 17.1. The summed E-state index contributed by atoms with van der Waals surface area (Å²) >= 11 is 1.40. The summed E-state index contributed by atoms with van der Waals surface area (Å²) in [5, 5.41) is 12.3. The Morgan fingerprint density at radius 3 is 2.77 bits per heavy atom. The molecule has 0 aliphatic carbocycles. The minimum atomic E-state index is -0.179. The van der Waals surface area contributed by atoms with Gasteiger partial charge in [-0.25, -0.2) is 4.98 Å². The van der Waals surface area contributed by atoms with Crippen molar-refractivity contribution in [1.29, 1.82) is 0 Å². The molecule has 2 aromatic heterocycles. The van der Waals surface area contributed by atoms with E-state index in [1.54, 1.807) is 4.57 Å². The third kappa shape index (κ3) is 4.51. The number of benzene rings is 1. The number of nitrogens with one attached hydrogen (secondary N) is 1. The molecule has 1 saturated heterocycles. The van der Waals surface area contributed by atoms with Crippen LogP contribution in [0.1, 0.15) is 44.0 Å². The Morgan fingerprint density at radius 2 is 1.97 bits per heavy atom. The van der Waals surface area contributed by atoms with Gasteiger partial charge in [-0.3, -0.25) is 9.59 Å². The van der Waals surface area contributed by atoms with Crippen molar-refractivity contribution in [3.63, 3.8) is 0 Å². The van der Waals surface area contributed by atoms with Gasteiger partial charge in [0.15, 0.2) is 5.82 Å². The van der Waals surface area contributed by atoms with E-state index >= 15 is 0 Å². The molecule has 0 saturated carbocycles. The summed E-state index contributed by atoms with van der Waals surface area (Å²) in [5.41, 5.74) is 1.38. The standard InChI is InChI=1S/C21H26N6O2S/c1-2-8-18-24-25-21(30-18)23-17(28)11-14-27-16-10-5-4-9-15(16)22-19(20(27)29)26-12-6-3-7-13-26/h4-5,9-10H,2-3,6-8,11-14H2,1H3,(H,23,25,28). The smallest absolute Gasteiger partial charge is 0.294 e. The van der Waals surface area contributed by atoms with E-state index in [1.165, 1.54) is 17.8 Å². The van der Waals surface area contributed by atoms with Crippen LogP contribution in [0.25, 0.3) is 11.0 Å². The first-order valence-corrected chi connectivity index (χ1v) is 11.3. The Kier molecular flexibility index (Phi) is 6.37. The van der Waals surface area contributed by atoms with Gasteiger partial charge in [0.25, 0.3) is 5.56 Å². The van der Waals surface area contributed by atoms with Crippen LogP contribution in [0.15, 0.2) is 29.1 Å². The van der Waals surface area contributed by atoms with E-state index in [4.69, 9.17) is 0 Å². The highest BCUT2D eigenvalue weighted by molar-refractivity contribution is 7.15. The quantitative estimate of drug-likeness (QED) is 0.624. The van der Waals surface area contributed by atoms with Crippen LogP contribution >= 0.6 is 11.3 Å². The van der Waals surface area contributed by atoms with Gasteiger partial charge in [-0.15, -0.1) is 10.2 Å². The van der Waals surface area contributed by atoms with Crippen molar-refractivity contribution < 1.29 is 4.79 Å². The van der Waals surface area contributed by atoms with Crippen molar-refractivity contribution >= 4 is 39.2 Å². The molecule has 0 bridgehead atoms. The fourth-order valence-corrected chi connectivity index (χ4v) is 4.58. The maximum Gasteiger partial charge on any atom is 0.294 e. The predicted octanol–water partition coefficient (Wildman–Crippen LogP) is 3.22. The molecule has 158 valence electrons. The topological polar surface area (TPSA) is 93.0 Å². The second-order valence-electron chi connectivity index (χ2n) is 7.48. The summed E-state index contributed by atoms with van der Waals surface area (Å²) in [6.07, 6.45) is 5.34. The molecule has 3 heterocycles. The lowest BCUT2D eigenvalue weighted by Gasteiger charge is -2.27. The zero-order valence-corrected chi connectivity index (χ0v) is 18.0. The number of anilines is 2. The van der Waals surface area contributed by atoms with Gasteiger partial charge in [0.1, 0.15) is 5.01 Å². The van der Waals surface area contributed by atoms with Crippen molar-refractivity contribution in [3.05, 3.63) is 39.6 Å². The molecule has 1 N–H and O–H groups in total. The van der Waals surface area contributed by atoms with Crippen LogP contribution in [-0.4, -0.2) is 38.7 Å². The fraction of sp³-hybridized carbons (Fsp3) is 0.476. The van der Waals surface area contributed by atoms with Gasteiger partial charge in [0.2, 0.25) is 11.0 Å². The third-order valence-electron chi connectivity index (χ3n) is 5.23. The summed E-state index contributed by atoms with van der Waals surface area (Å²) in [5.74, 6) is 0.309. The number of para-hydroxylation sites is 2. The van der Waals surface area contributed by atoms with E-state index in [0.717, 1.165) is 54.8 Å². The number of nitrogens with zero attached hydrogens (tertiary/aromatic N) is 5. The predicted molar refractivity (Wildman–Crippen MR) is 119 cm³/mol. The maximum atomic E-state index is 13.2. The Balaban J connectivity index is 1.54. The van der Waals surface area contributed by atoms with Crippen molar-refractivity contribution in [2.24, 2.45) is 0 Å². The number of rotatable bonds is 7. The average molecular weight is 427 g/mol. The Morgan fingerprint density at radius 1 is 1.17 bits per heavy atom. The molecule has 30 heavy (non-hydrogen) atoms. The highest BCUT2D eigenvalue weighted by atomic mass is 32.1. The van der Waals surface area contributed by atoms with Crippen LogP contribution in [0, 0.1) is 0 Å². The molecular weight excluding hydrogens is 400 g/mol. The number of piperidine rings is 1. The molecular formula is C21H26N6O2S. The van der Waals surface area contributed by atoms with Crippen molar-refractivity contribution in [1.82, 2.24) is 19.7 Å². The summed E-state index contributed by atoms with van der Waals surface area (Å²) < 4.78 is 1.68. The molecule has 0 spiro atoms. The maximum absolute atomic E-state index is 13.2. The van der Waals surface area contributed by atoms with Crippen LogP contribution in [0.4, 0.5) is 10.9 Å². The monoisotopic (exact) mass is 426 g/mol. The number of hydrogen-bond acceptors (Lipinski definition) is 7. The van der Waals surface area contributed by atoms with Gasteiger partial charge < -0.3 is 14.8 Å². The first-order valence-electron chi connectivity index (χ1n) is 10.5. The number of carbonyl (C=O) groups excluding carboxylic acids is 1. The normalized spacial score (nSPS) is 14.2. The number of amides is 1. The lowest BCUT2D eigenvalue weighted by atomic mass is 10.1. The second-order valence-corrected chi connectivity index (χ2v) is 8.54. The minimum absolute atomic E-state index is 0.135. The Bertz CT molecular complexity index is 1090. The van der Waals surface area contributed by atoms with Crippen LogP contribution < -0.4 is 15.8 Å². The van der Waals surface area contributed by atoms with Gasteiger partial charge in [0.05, 0.1) is 11.0 Å². The van der Waals surface area contributed by atoms with E-state index in [0.29, 0.717) is 10.9 Å². The molecule has 1 aromatic carbocycles. The third-order valence-corrected chi connectivity index (χ3v) is 6.13. The number of hydrogen-bond donors (Lipinski definition) is 1. The van der Waals surface area contributed by atoms with E-state index in [1.807, 2.05) is 24.3 Å². The first-order chi connectivity index (χ1) is 14.7. The van der Waals surface area contributed by atoms with Crippen LogP contribution in [0.3, 0.4) is 0 Å². The fourth-order valence-electron chi connectivity index (χ4n) is 3.73. The number of carbonyl (C=O) groups is 1. The highest BCUT2D eigenvalue weighted by Crippen LogP contribution is 2.19. The lowest BCUT2D eigenvalue weighted by Crippen LogP contribution is -2.37. The van der Waals surface area contributed by atoms with Crippen LogP contribution in [0.5, 0.6) is 0 Å². The Hall–Kier alpha value is -2.81. The summed E-state index contributed by atoms with van der Waals surface area (Å²) in [7, 11) is 0. The highest BCUT2D eigenvalue weighted by Gasteiger charge is 2.19. The molecule has 0 unspecified atom stereocenters. The molecule has 0 atom stereocenters.